The molecule has 2 N–H and O–H groups in total. The molecule has 1 aromatic rings. The van der Waals surface area contributed by atoms with E-state index in [1.807, 2.05) is 25.1 Å². The monoisotopic (exact) mass is 396 g/mol. The lowest BCUT2D eigenvalue weighted by molar-refractivity contribution is 0.0694. The lowest BCUT2D eigenvalue weighted by Crippen LogP contribution is -2.45. The molecular formula is C19H32N4O3S. The molecule has 0 spiro atoms. The first-order valence-electron chi connectivity index (χ1n) is 9.36. The summed E-state index contributed by atoms with van der Waals surface area (Å²) in [5.41, 5.74) is 0.858. The first kappa shape index (κ1) is 21.5. The molecule has 2 rings (SSSR count). The number of para-hydroxylation sites is 1. The number of benzene rings is 1. The van der Waals surface area contributed by atoms with Crippen LogP contribution in [0, 0.1) is 0 Å². The van der Waals surface area contributed by atoms with Gasteiger partial charge >= 0.3 is 0 Å². The molecule has 8 heteroatoms. The second kappa shape index (κ2) is 8.93. The van der Waals surface area contributed by atoms with E-state index >= 15 is 0 Å². The molecule has 1 aliphatic rings. The van der Waals surface area contributed by atoms with E-state index in [0.717, 1.165) is 17.7 Å². The number of nitrogens with one attached hydrogen (secondary N) is 2. The Balaban J connectivity index is 1.94. The van der Waals surface area contributed by atoms with E-state index in [1.54, 1.807) is 7.05 Å². The smallest absolute Gasteiger partial charge is 0.211 e. The zero-order valence-corrected chi connectivity index (χ0v) is 17.8. The van der Waals surface area contributed by atoms with E-state index in [4.69, 9.17) is 4.74 Å². The van der Waals surface area contributed by atoms with E-state index in [2.05, 4.69) is 35.5 Å². The van der Waals surface area contributed by atoms with Gasteiger partial charge in [0.1, 0.15) is 11.4 Å². The molecule has 152 valence electrons. The van der Waals surface area contributed by atoms with Gasteiger partial charge in [-0.15, -0.1) is 0 Å². The van der Waals surface area contributed by atoms with Crippen molar-refractivity contribution in [2.24, 2.45) is 4.99 Å². The van der Waals surface area contributed by atoms with Crippen molar-refractivity contribution >= 4 is 16.0 Å². The highest BCUT2D eigenvalue weighted by atomic mass is 32.2. The average molecular weight is 397 g/mol. The fourth-order valence-corrected chi connectivity index (χ4v) is 4.24. The van der Waals surface area contributed by atoms with Crippen molar-refractivity contribution < 1.29 is 13.2 Å². The predicted octanol–water partition coefficient (Wildman–Crippen LogP) is 2.13. The van der Waals surface area contributed by atoms with Crippen LogP contribution in [0.25, 0.3) is 0 Å². The van der Waals surface area contributed by atoms with Gasteiger partial charge in [-0.1, -0.05) is 25.1 Å². The van der Waals surface area contributed by atoms with Crippen molar-refractivity contribution in [3.8, 4) is 5.75 Å². The summed E-state index contributed by atoms with van der Waals surface area (Å²) < 4.78 is 30.8. The Bertz CT molecular complexity index is 762. The number of hydrogen-bond acceptors (Lipinski definition) is 4. The van der Waals surface area contributed by atoms with E-state index in [0.29, 0.717) is 32.0 Å². The van der Waals surface area contributed by atoms with Crippen LogP contribution in [0.5, 0.6) is 5.75 Å². The van der Waals surface area contributed by atoms with E-state index < -0.39 is 10.0 Å². The van der Waals surface area contributed by atoms with E-state index in [-0.39, 0.29) is 11.6 Å². The largest absolute Gasteiger partial charge is 0.487 e. The van der Waals surface area contributed by atoms with Crippen molar-refractivity contribution in [1.82, 2.24) is 14.9 Å². The first-order chi connectivity index (χ1) is 12.7. The van der Waals surface area contributed by atoms with Crippen molar-refractivity contribution in [3.63, 3.8) is 0 Å². The van der Waals surface area contributed by atoms with Crippen LogP contribution in [0.3, 0.4) is 0 Å². The maximum atomic E-state index is 11.6. The number of ether oxygens (including phenoxy) is 1. The second-order valence-corrected chi connectivity index (χ2v) is 9.39. The molecule has 27 heavy (non-hydrogen) atoms. The standard InChI is InChI=1S/C19H32N4O3S/c1-6-23(27(5,24)25)13-9-12-21-18(20-4)22-16-14-19(2,3)26-17-11-8-7-10-15(16)17/h7-8,10-11,16H,6,9,12-14H2,1-5H3,(H2,20,21,22). The quantitative estimate of drug-likeness (QED) is 0.419. The molecule has 0 bridgehead atoms. The van der Waals surface area contributed by atoms with Gasteiger partial charge in [-0.2, -0.15) is 0 Å². The topological polar surface area (TPSA) is 83.0 Å². The maximum Gasteiger partial charge on any atom is 0.211 e. The van der Waals surface area contributed by atoms with Gasteiger partial charge in [0.25, 0.3) is 0 Å². The third-order valence-corrected chi connectivity index (χ3v) is 5.99. The number of aliphatic imine (C=N–C) groups is 1. The highest BCUT2D eigenvalue weighted by molar-refractivity contribution is 7.88. The van der Waals surface area contributed by atoms with Crippen LogP contribution >= 0.6 is 0 Å². The first-order valence-corrected chi connectivity index (χ1v) is 11.2. The van der Waals surface area contributed by atoms with Gasteiger partial charge in [0.05, 0.1) is 12.3 Å². The van der Waals surface area contributed by atoms with Crippen molar-refractivity contribution in [1.29, 1.82) is 0 Å². The van der Waals surface area contributed by atoms with Gasteiger partial charge < -0.3 is 15.4 Å². The fourth-order valence-electron chi connectivity index (χ4n) is 3.31. The number of guanidine groups is 1. The number of sulfonamides is 1. The van der Waals surface area contributed by atoms with Gasteiger partial charge in [0, 0.05) is 38.7 Å². The lowest BCUT2D eigenvalue weighted by Gasteiger charge is -2.38. The molecule has 1 aliphatic heterocycles. The van der Waals surface area contributed by atoms with E-state index in [1.165, 1.54) is 10.6 Å². The molecule has 0 aliphatic carbocycles. The van der Waals surface area contributed by atoms with Gasteiger partial charge in [-0.05, 0) is 26.3 Å². The molecule has 1 unspecified atom stereocenters. The highest BCUT2D eigenvalue weighted by Gasteiger charge is 2.33. The van der Waals surface area contributed by atoms with Crippen LogP contribution in [-0.4, -0.2) is 57.2 Å². The lowest BCUT2D eigenvalue weighted by atomic mass is 9.90. The molecule has 1 atom stereocenters. The molecular weight excluding hydrogens is 364 g/mol. The fraction of sp³-hybridized carbons (Fsp3) is 0.632. The Kier molecular flexibility index (Phi) is 7.11. The van der Waals surface area contributed by atoms with Crippen molar-refractivity contribution in [2.45, 2.75) is 45.3 Å². The normalized spacial score (nSPS) is 19.3. The van der Waals surface area contributed by atoms with Crippen molar-refractivity contribution in [3.05, 3.63) is 29.8 Å². The molecule has 0 saturated carbocycles. The minimum atomic E-state index is -3.14. The van der Waals surface area contributed by atoms with Crippen LogP contribution in [0.15, 0.2) is 29.3 Å². The Morgan fingerprint density at radius 1 is 1.37 bits per heavy atom. The molecule has 0 aromatic heterocycles. The second-order valence-electron chi connectivity index (χ2n) is 7.41. The summed E-state index contributed by atoms with van der Waals surface area (Å²) >= 11 is 0. The summed E-state index contributed by atoms with van der Waals surface area (Å²) in [7, 11) is -1.41. The van der Waals surface area contributed by atoms with Crippen LogP contribution in [0.4, 0.5) is 0 Å². The van der Waals surface area contributed by atoms with Crippen LogP contribution in [-0.2, 0) is 10.0 Å². The molecule has 0 radical (unpaired) electrons. The van der Waals surface area contributed by atoms with Crippen LogP contribution < -0.4 is 15.4 Å². The SMILES string of the molecule is CCN(CCCNC(=NC)NC1CC(C)(C)Oc2ccccc21)S(C)(=O)=O. The minimum Gasteiger partial charge on any atom is -0.487 e. The Labute approximate surface area is 163 Å². The predicted molar refractivity (Wildman–Crippen MR) is 110 cm³/mol. The van der Waals surface area contributed by atoms with Gasteiger partial charge in [-0.25, -0.2) is 12.7 Å². The third kappa shape index (κ3) is 6.10. The number of nitrogens with zero attached hydrogens (tertiary/aromatic N) is 2. The van der Waals surface area contributed by atoms with E-state index in [9.17, 15) is 8.42 Å². The molecule has 7 nitrogen and oxygen atoms in total. The summed E-state index contributed by atoms with van der Waals surface area (Å²) in [4.78, 5) is 4.31. The number of hydrogen-bond donors (Lipinski definition) is 2. The van der Waals surface area contributed by atoms with Crippen LogP contribution in [0.1, 0.15) is 45.2 Å². The maximum absolute atomic E-state index is 11.6. The Morgan fingerprint density at radius 2 is 2.07 bits per heavy atom. The molecule has 0 amide bonds. The number of rotatable bonds is 7. The minimum absolute atomic E-state index is 0.0966. The van der Waals surface area contributed by atoms with Crippen molar-refractivity contribution in [2.75, 3.05) is 32.9 Å². The molecule has 1 aromatic carbocycles. The zero-order valence-electron chi connectivity index (χ0n) is 16.9. The van der Waals surface area contributed by atoms with Gasteiger partial charge in [0.2, 0.25) is 10.0 Å². The third-order valence-electron chi connectivity index (χ3n) is 4.61. The Morgan fingerprint density at radius 3 is 2.70 bits per heavy atom. The molecule has 0 saturated heterocycles. The van der Waals surface area contributed by atoms with Gasteiger partial charge in [-0.3, -0.25) is 4.99 Å². The molecule has 0 fully saturated rings. The summed E-state index contributed by atoms with van der Waals surface area (Å²) in [6, 6.07) is 8.15. The number of fused-ring (bicyclic) bond motifs is 1. The highest BCUT2D eigenvalue weighted by Crippen LogP contribution is 2.39. The summed E-state index contributed by atoms with van der Waals surface area (Å²) in [6.45, 7) is 7.63. The average Bonchev–Trinajstić information content (AvgIpc) is 2.58. The van der Waals surface area contributed by atoms with Gasteiger partial charge in [0.15, 0.2) is 5.96 Å². The zero-order chi connectivity index (χ0) is 20.1. The molecule has 1 heterocycles. The van der Waals surface area contributed by atoms with Crippen LogP contribution in [0.2, 0.25) is 0 Å². The summed E-state index contributed by atoms with van der Waals surface area (Å²) in [5, 5.41) is 6.76. The Hall–Kier alpha value is -1.80. The summed E-state index contributed by atoms with van der Waals surface area (Å²) in [5.74, 6) is 1.60. The summed E-state index contributed by atoms with van der Waals surface area (Å²) in [6.07, 6.45) is 2.77.